The molecule has 2 aromatic rings. The second-order valence-corrected chi connectivity index (χ2v) is 5.99. The lowest BCUT2D eigenvalue weighted by molar-refractivity contribution is 0.250. The number of halogens is 1. The first-order chi connectivity index (χ1) is 9.67. The summed E-state index contributed by atoms with van der Waals surface area (Å²) in [5.74, 6) is 0. The lowest BCUT2D eigenvalue weighted by Gasteiger charge is -2.23. The number of pyridine rings is 1. The maximum Gasteiger partial charge on any atom is 0.134 e. The molecule has 0 aliphatic carbocycles. The molecule has 0 bridgehead atoms. The third kappa shape index (κ3) is 2.66. The molecule has 2 heterocycles. The summed E-state index contributed by atoms with van der Waals surface area (Å²) in [6.07, 6.45) is 2.41. The first kappa shape index (κ1) is 13.8. The molecule has 20 heavy (non-hydrogen) atoms. The minimum Gasteiger partial charge on any atom is -0.329 e. The van der Waals surface area contributed by atoms with Crippen LogP contribution in [0.3, 0.4) is 0 Å². The molecule has 0 amide bonds. The topological polar surface area (TPSA) is 42.1 Å². The fraction of sp³-hybridized carbons (Fsp3) is 0.438. The summed E-state index contributed by atoms with van der Waals surface area (Å²) < 4.78 is 0. The van der Waals surface area contributed by atoms with Gasteiger partial charge >= 0.3 is 0 Å². The molecule has 2 N–H and O–H groups in total. The normalized spacial score (nSPS) is 19.9. The number of benzene rings is 1. The average Bonchev–Trinajstić information content (AvgIpc) is 2.87. The van der Waals surface area contributed by atoms with E-state index >= 15 is 0 Å². The van der Waals surface area contributed by atoms with Crippen LogP contribution in [0.1, 0.15) is 24.0 Å². The lowest BCUT2D eigenvalue weighted by Crippen LogP contribution is -2.34. The minimum absolute atomic E-state index is 0.486. The zero-order chi connectivity index (χ0) is 14.1. The third-order valence-electron chi connectivity index (χ3n) is 4.14. The van der Waals surface area contributed by atoms with Gasteiger partial charge in [-0.05, 0) is 44.0 Å². The Balaban J connectivity index is 1.91. The van der Waals surface area contributed by atoms with E-state index in [9.17, 15) is 0 Å². The van der Waals surface area contributed by atoms with Crippen LogP contribution in [0.5, 0.6) is 0 Å². The predicted octanol–water partition coefficient (Wildman–Crippen LogP) is 3.12. The summed E-state index contributed by atoms with van der Waals surface area (Å²) in [6, 6.07) is 8.95. The standard InChI is InChI=1S/C16H20ClN3/c1-11-4-5-12-8-13(16(17)19-15(12)7-11)10-20-6-2-3-14(20)9-18/h4-5,7-8,14H,2-3,6,9-10,18H2,1H3. The highest BCUT2D eigenvalue weighted by molar-refractivity contribution is 6.30. The Morgan fingerprint density at radius 2 is 2.25 bits per heavy atom. The van der Waals surface area contributed by atoms with E-state index in [1.807, 2.05) is 0 Å². The number of aryl methyl sites for hydroxylation is 1. The number of fused-ring (bicyclic) bond motifs is 1. The van der Waals surface area contributed by atoms with Crippen molar-refractivity contribution in [1.29, 1.82) is 0 Å². The van der Waals surface area contributed by atoms with Crippen LogP contribution in [0.2, 0.25) is 5.15 Å². The second kappa shape index (κ2) is 5.68. The number of nitrogens with two attached hydrogens (primary N) is 1. The number of likely N-dealkylation sites (tertiary alicyclic amines) is 1. The largest absolute Gasteiger partial charge is 0.329 e. The molecule has 0 radical (unpaired) electrons. The van der Waals surface area contributed by atoms with Crippen molar-refractivity contribution in [1.82, 2.24) is 9.88 Å². The van der Waals surface area contributed by atoms with E-state index in [4.69, 9.17) is 17.3 Å². The second-order valence-electron chi connectivity index (χ2n) is 5.64. The molecule has 1 atom stereocenters. The van der Waals surface area contributed by atoms with Crippen LogP contribution in [0.4, 0.5) is 0 Å². The van der Waals surface area contributed by atoms with Crippen molar-refractivity contribution in [3.8, 4) is 0 Å². The Labute approximate surface area is 124 Å². The molecule has 1 aliphatic heterocycles. The molecule has 0 saturated carbocycles. The summed E-state index contributed by atoms with van der Waals surface area (Å²) in [5, 5.41) is 1.77. The van der Waals surface area contributed by atoms with E-state index in [-0.39, 0.29) is 0 Å². The minimum atomic E-state index is 0.486. The quantitative estimate of drug-likeness (QED) is 0.883. The monoisotopic (exact) mass is 289 g/mol. The highest BCUT2D eigenvalue weighted by atomic mass is 35.5. The summed E-state index contributed by atoms with van der Waals surface area (Å²) >= 11 is 6.36. The maximum atomic E-state index is 6.36. The van der Waals surface area contributed by atoms with Gasteiger partial charge in [-0.25, -0.2) is 4.98 Å². The van der Waals surface area contributed by atoms with Gasteiger partial charge in [0.1, 0.15) is 5.15 Å². The molecule has 106 valence electrons. The fourth-order valence-corrected chi connectivity index (χ4v) is 3.20. The van der Waals surface area contributed by atoms with Crippen molar-refractivity contribution in [2.75, 3.05) is 13.1 Å². The molecule has 1 unspecified atom stereocenters. The third-order valence-corrected chi connectivity index (χ3v) is 4.47. The molecular weight excluding hydrogens is 270 g/mol. The predicted molar refractivity (Wildman–Crippen MR) is 84.0 cm³/mol. The van der Waals surface area contributed by atoms with E-state index < -0.39 is 0 Å². The van der Waals surface area contributed by atoms with Crippen LogP contribution >= 0.6 is 11.6 Å². The van der Waals surface area contributed by atoms with E-state index in [0.29, 0.717) is 11.2 Å². The number of nitrogens with zero attached hydrogens (tertiary/aromatic N) is 2. The van der Waals surface area contributed by atoms with Gasteiger partial charge in [0, 0.05) is 30.1 Å². The summed E-state index contributed by atoms with van der Waals surface area (Å²) in [6.45, 7) is 4.73. The molecule has 1 aliphatic rings. The molecule has 1 aromatic carbocycles. The van der Waals surface area contributed by atoms with Crippen LogP contribution in [-0.4, -0.2) is 29.0 Å². The van der Waals surface area contributed by atoms with Crippen LogP contribution < -0.4 is 5.73 Å². The van der Waals surface area contributed by atoms with Crippen molar-refractivity contribution in [2.45, 2.75) is 32.4 Å². The Kier molecular flexibility index (Phi) is 3.92. The Morgan fingerprint density at radius 1 is 1.40 bits per heavy atom. The molecule has 3 nitrogen and oxygen atoms in total. The molecule has 0 spiro atoms. The molecule has 1 aromatic heterocycles. The SMILES string of the molecule is Cc1ccc2cc(CN3CCCC3CN)c(Cl)nc2c1. The molecule has 1 fully saturated rings. The lowest BCUT2D eigenvalue weighted by atomic mass is 10.1. The number of aromatic nitrogens is 1. The first-order valence-corrected chi connectivity index (χ1v) is 7.55. The van der Waals surface area contributed by atoms with Gasteiger partial charge in [-0.3, -0.25) is 4.90 Å². The van der Waals surface area contributed by atoms with Crippen LogP contribution in [0.25, 0.3) is 10.9 Å². The number of rotatable bonds is 3. The Morgan fingerprint density at radius 3 is 3.05 bits per heavy atom. The van der Waals surface area contributed by atoms with Crippen molar-refractivity contribution < 1.29 is 0 Å². The highest BCUT2D eigenvalue weighted by Crippen LogP contribution is 2.25. The van der Waals surface area contributed by atoms with E-state index in [1.54, 1.807) is 0 Å². The van der Waals surface area contributed by atoms with E-state index in [0.717, 1.165) is 36.1 Å². The van der Waals surface area contributed by atoms with Gasteiger partial charge in [-0.15, -0.1) is 0 Å². The van der Waals surface area contributed by atoms with Gasteiger partial charge in [0.15, 0.2) is 0 Å². The Bertz CT molecular complexity index is 626. The van der Waals surface area contributed by atoms with Gasteiger partial charge in [-0.1, -0.05) is 23.7 Å². The maximum absolute atomic E-state index is 6.36. The molecule has 4 heteroatoms. The summed E-state index contributed by atoms with van der Waals surface area (Å²) in [7, 11) is 0. The summed E-state index contributed by atoms with van der Waals surface area (Å²) in [5.41, 5.74) is 9.11. The Hall–Kier alpha value is -1.16. The van der Waals surface area contributed by atoms with Crippen molar-refractivity contribution in [3.63, 3.8) is 0 Å². The van der Waals surface area contributed by atoms with Crippen LogP contribution in [0.15, 0.2) is 24.3 Å². The van der Waals surface area contributed by atoms with Gasteiger partial charge in [0.05, 0.1) is 5.52 Å². The zero-order valence-electron chi connectivity index (χ0n) is 11.8. The fourth-order valence-electron chi connectivity index (χ4n) is 3.00. The number of hydrogen-bond donors (Lipinski definition) is 1. The van der Waals surface area contributed by atoms with Crippen LogP contribution in [-0.2, 0) is 6.54 Å². The van der Waals surface area contributed by atoms with E-state index in [2.05, 4.69) is 41.1 Å². The average molecular weight is 290 g/mol. The molecule has 3 rings (SSSR count). The van der Waals surface area contributed by atoms with Crippen molar-refractivity contribution in [2.24, 2.45) is 5.73 Å². The highest BCUT2D eigenvalue weighted by Gasteiger charge is 2.23. The van der Waals surface area contributed by atoms with Crippen molar-refractivity contribution >= 4 is 22.5 Å². The summed E-state index contributed by atoms with van der Waals surface area (Å²) in [4.78, 5) is 6.96. The smallest absolute Gasteiger partial charge is 0.134 e. The van der Waals surface area contributed by atoms with Gasteiger partial charge in [-0.2, -0.15) is 0 Å². The van der Waals surface area contributed by atoms with Gasteiger partial charge in [0.25, 0.3) is 0 Å². The van der Waals surface area contributed by atoms with Crippen LogP contribution in [0, 0.1) is 6.92 Å². The number of hydrogen-bond acceptors (Lipinski definition) is 3. The molecular formula is C16H20ClN3. The zero-order valence-corrected chi connectivity index (χ0v) is 12.5. The molecule has 1 saturated heterocycles. The van der Waals surface area contributed by atoms with E-state index in [1.165, 1.54) is 18.4 Å². The van der Waals surface area contributed by atoms with Crippen molar-refractivity contribution in [3.05, 3.63) is 40.5 Å². The van der Waals surface area contributed by atoms with Gasteiger partial charge in [0.2, 0.25) is 0 Å². The van der Waals surface area contributed by atoms with Gasteiger partial charge < -0.3 is 5.73 Å². The first-order valence-electron chi connectivity index (χ1n) is 7.17.